The number of piperazine rings is 1. The first-order valence-electron chi connectivity index (χ1n) is 9.33. The number of carbonyl (C=O) groups is 1. The van der Waals surface area contributed by atoms with E-state index in [1.165, 1.54) is 5.69 Å². The highest BCUT2D eigenvalue weighted by atomic mass is 16.2. The molecule has 0 spiro atoms. The maximum atomic E-state index is 12.8. The van der Waals surface area contributed by atoms with E-state index in [-0.39, 0.29) is 5.91 Å². The molecule has 0 unspecified atom stereocenters. The minimum Gasteiger partial charge on any atom is -0.367 e. The molecule has 1 aliphatic heterocycles. The van der Waals surface area contributed by atoms with Crippen LogP contribution in [0.2, 0.25) is 0 Å². The lowest BCUT2D eigenvalue weighted by atomic mass is 10.1. The normalized spacial score (nSPS) is 14.4. The van der Waals surface area contributed by atoms with Gasteiger partial charge in [0, 0.05) is 49.8 Å². The second-order valence-corrected chi connectivity index (χ2v) is 7.01. The highest BCUT2D eigenvalue weighted by molar-refractivity contribution is 5.95. The smallest absolute Gasteiger partial charge is 0.253 e. The van der Waals surface area contributed by atoms with Crippen LogP contribution in [-0.2, 0) is 0 Å². The Morgan fingerprint density at radius 1 is 0.926 bits per heavy atom. The second-order valence-electron chi connectivity index (χ2n) is 7.01. The van der Waals surface area contributed by atoms with E-state index in [0.29, 0.717) is 0 Å². The third-order valence-corrected chi connectivity index (χ3v) is 5.17. The lowest BCUT2D eigenvalue weighted by molar-refractivity contribution is 0.0747. The second kappa shape index (κ2) is 7.27. The molecule has 1 aliphatic rings. The van der Waals surface area contributed by atoms with Crippen LogP contribution in [0.25, 0.3) is 11.1 Å². The maximum absolute atomic E-state index is 12.8. The third-order valence-electron chi connectivity index (χ3n) is 5.17. The van der Waals surface area contributed by atoms with E-state index in [2.05, 4.69) is 20.9 Å². The molecule has 1 aromatic carbocycles. The molecule has 5 nitrogen and oxygen atoms in total. The summed E-state index contributed by atoms with van der Waals surface area (Å²) in [6, 6.07) is 14.1. The number of aromatic nitrogens is 2. The molecular formula is C22H24N4O. The van der Waals surface area contributed by atoms with Crippen molar-refractivity contribution in [2.45, 2.75) is 13.8 Å². The monoisotopic (exact) mass is 360 g/mol. The summed E-state index contributed by atoms with van der Waals surface area (Å²) < 4.78 is 0. The lowest BCUT2D eigenvalue weighted by Gasteiger charge is -2.36. The fourth-order valence-corrected chi connectivity index (χ4v) is 3.66. The van der Waals surface area contributed by atoms with Crippen molar-refractivity contribution in [3.63, 3.8) is 0 Å². The number of aromatic amines is 1. The van der Waals surface area contributed by atoms with Crippen molar-refractivity contribution in [1.29, 1.82) is 0 Å². The van der Waals surface area contributed by atoms with Crippen molar-refractivity contribution in [3.8, 4) is 11.1 Å². The molecule has 0 saturated carbocycles. The summed E-state index contributed by atoms with van der Waals surface area (Å²) in [5, 5.41) is 0. The first-order valence-corrected chi connectivity index (χ1v) is 9.33. The average molecular weight is 360 g/mol. The van der Waals surface area contributed by atoms with E-state index in [0.717, 1.165) is 54.3 Å². The number of nitrogens with one attached hydrogen (secondary N) is 1. The Labute approximate surface area is 159 Å². The maximum Gasteiger partial charge on any atom is 0.253 e. The van der Waals surface area contributed by atoms with Gasteiger partial charge in [0.2, 0.25) is 0 Å². The van der Waals surface area contributed by atoms with Crippen molar-refractivity contribution < 1.29 is 4.79 Å². The molecule has 0 bridgehead atoms. The molecule has 1 fully saturated rings. The molecule has 0 atom stereocenters. The predicted octanol–water partition coefficient (Wildman–Crippen LogP) is 3.66. The van der Waals surface area contributed by atoms with Gasteiger partial charge in [-0.2, -0.15) is 0 Å². The zero-order chi connectivity index (χ0) is 18.8. The molecule has 3 heterocycles. The van der Waals surface area contributed by atoms with Gasteiger partial charge in [0.25, 0.3) is 5.91 Å². The number of aryl methyl sites for hydroxylation is 2. The predicted molar refractivity (Wildman–Crippen MR) is 108 cm³/mol. The van der Waals surface area contributed by atoms with Gasteiger partial charge in [-0.3, -0.25) is 9.78 Å². The minimum absolute atomic E-state index is 0.106. The summed E-state index contributed by atoms with van der Waals surface area (Å²) in [5.74, 6) is 0.106. The van der Waals surface area contributed by atoms with Gasteiger partial charge in [-0.25, -0.2) is 0 Å². The molecule has 1 saturated heterocycles. The Kier molecular flexibility index (Phi) is 4.67. The highest BCUT2D eigenvalue weighted by Crippen LogP contribution is 2.22. The molecule has 5 heteroatoms. The molecule has 3 aromatic rings. The molecular weight excluding hydrogens is 336 g/mol. The van der Waals surface area contributed by atoms with E-state index in [1.807, 2.05) is 67.5 Å². The third kappa shape index (κ3) is 3.58. The van der Waals surface area contributed by atoms with Crippen molar-refractivity contribution >= 4 is 11.6 Å². The Bertz CT molecular complexity index is 923. The molecule has 2 aromatic heterocycles. The van der Waals surface area contributed by atoms with Gasteiger partial charge >= 0.3 is 0 Å². The summed E-state index contributed by atoms with van der Waals surface area (Å²) in [6.45, 7) is 7.18. The lowest BCUT2D eigenvalue weighted by Crippen LogP contribution is -2.49. The van der Waals surface area contributed by atoms with E-state index < -0.39 is 0 Å². The van der Waals surface area contributed by atoms with Gasteiger partial charge in [-0.05, 0) is 55.3 Å². The first kappa shape index (κ1) is 17.3. The van der Waals surface area contributed by atoms with Crippen molar-refractivity contribution in [1.82, 2.24) is 14.9 Å². The van der Waals surface area contributed by atoms with Crippen LogP contribution < -0.4 is 4.90 Å². The Morgan fingerprint density at radius 2 is 1.67 bits per heavy atom. The van der Waals surface area contributed by atoms with Crippen LogP contribution >= 0.6 is 0 Å². The number of rotatable bonds is 3. The van der Waals surface area contributed by atoms with E-state index in [1.54, 1.807) is 0 Å². The zero-order valence-corrected chi connectivity index (χ0v) is 15.8. The van der Waals surface area contributed by atoms with Crippen LogP contribution in [0.4, 0.5) is 5.69 Å². The average Bonchev–Trinajstić information content (AvgIpc) is 3.23. The van der Waals surface area contributed by atoms with Gasteiger partial charge in [-0.1, -0.05) is 12.1 Å². The number of amides is 1. The zero-order valence-electron chi connectivity index (χ0n) is 15.8. The Hall–Kier alpha value is -3.08. The minimum atomic E-state index is 0.106. The van der Waals surface area contributed by atoms with Crippen LogP contribution in [0.3, 0.4) is 0 Å². The standard InChI is InChI=1S/C22H24N4O/c1-16-3-8-21(17(2)24-16)25-11-13-26(14-12-25)22(27)19-6-4-18(5-7-19)20-9-10-23-15-20/h3-10,15,23H,11-14H2,1-2H3. The fraction of sp³-hybridized carbons (Fsp3) is 0.273. The Morgan fingerprint density at radius 3 is 2.30 bits per heavy atom. The Balaban J connectivity index is 1.41. The fourth-order valence-electron chi connectivity index (χ4n) is 3.66. The number of benzene rings is 1. The van der Waals surface area contributed by atoms with Gasteiger partial charge in [0.1, 0.15) is 0 Å². The number of hydrogen-bond donors (Lipinski definition) is 1. The number of anilines is 1. The van der Waals surface area contributed by atoms with E-state index in [4.69, 9.17) is 0 Å². The number of nitrogens with zero attached hydrogens (tertiary/aromatic N) is 3. The van der Waals surface area contributed by atoms with Crippen LogP contribution in [0.1, 0.15) is 21.7 Å². The van der Waals surface area contributed by atoms with Crippen molar-refractivity contribution in [3.05, 3.63) is 71.8 Å². The molecule has 0 aliphatic carbocycles. The largest absolute Gasteiger partial charge is 0.367 e. The summed E-state index contributed by atoms with van der Waals surface area (Å²) in [4.78, 5) is 24.7. The first-order chi connectivity index (χ1) is 13.1. The summed E-state index contributed by atoms with van der Waals surface area (Å²) in [6.07, 6.45) is 3.86. The van der Waals surface area contributed by atoms with E-state index >= 15 is 0 Å². The number of hydrogen-bond acceptors (Lipinski definition) is 3. The quantitative estimate of drug-likeness (QED) is 0.776. The molecule has 1 amide bonds. The number of carbonyl (C=O) groups excluding carboxylic acids is 1. The van der Waals surface area contributed by atoms with Gasteiger partial charge < -0.3 is 14.8 Å². The molecule has 4 rings (SSSR count). The molecule has 0 radical (unpaired) electrons. The number of pyridine rings is 1. The van der Waals surface area contributed by atoms with Crippen LogP contribution in [0.5, 0.6) is 0 Å². The molecule has 27 heavy (non-hydrogen) atoms. The topological polar surface area (TPSA) is 52.2 Å². The van der Waals surface area contributed by atoms with Gasteiger partial charge in [-0.15, -0.1) is 0 Å². The SMILES string of the molecule is Cc1ccc(N2CCN(C(=O)c3ccc(-c4cc[nH]c4)cc3)CC2)c(C)n1. The van der Waals surface area contributed by atoms with Crippen molar-refractivity contribution in [2.24, 2.45) is 0 Å². The summed E-state index contributed by atoms with van der Waals surface area (Å²) in [7, 11) is 0. The van der Waals surface area contributed by atoms with Crippen LogP contribution in [-0.4, -0.2) is 47.0 Å². The van der Waals surface area contributed by atoms with E-state index in [9.17, 15) is 4.79 Å². The van der Waals surface area contributed by atoms with Gasteiger partial charge in [0.15, 0.2) is 0 Å². The molecule has 138 valence electrons. The number of H-pyrrole nitrogens is 1. The van der Waals surface area contributed by atoms with Crippen LogP contribution in [0.15, 0.2) is 54.9 Å². The van der Waals surface area contributed by atoms with Crippen molar-refractivity contribution in [2.75, 3.05) is 31.1 Å². The highest BCUT2D eigenvalue weighted by Gasteiger charge is 2.23. The summed E-state index contributed by atoms with van der Waals surface area (Å²) in [5.41, 5.74) is 6.24. The van der Waals surface area contributed by atoms with Gasteiger partial charge in [0.05, 0.1) is 11.4 Å². The van der Waals surface area contributed by atoms with Crippen LogP contribution in [0, 0.1) is 13.8 Å². The summed E-state index contributed by atoms with van der Waals surface area (Å²) >= 11 is 0. The molecule has 1 N–H and O–H groups in total.